The second kappa shape index (κ2) is 7.39. The average Bonchev–Trinajstić information content (AvgIpc) is 2.89. The van der Waals surface area contributed by atoms with Gasteiger partial charge >= 0.3 is 0 Å². The highest BCUT2D eigenvalue weighted by Crippen LogP contribution is 2.35. The molecule has 1 aliphatic carbocycles. The fourth-order valence-corrected chi connectivity index (χ4v) is 5.20. The third-order valence-corrected chi connectivity index (χ3v) is 6.60. The number of rotatable bonds is 5. The van der Waals surface area contributed by atoms with Crippen LogP contribution in [-0.2, 0) is 6.54 Å². The molecule has 1 aromatic heterocycles. The van der Waals surface area contributed by atoms with E-state index in [9.17, 15) is 0 Å². The molecule has 1 saturated heterocycles. The summed E-state index contributed by atoms with van der Waals surface area (Å²) in [5, 5.41) is 5.74. The van der Waals surface area contributed by atoms with Gasteiger partial charge in [-0.25, -0.2) is 0 Å². The minimum absolute atomic E-state index is 1.01. The maximum atomic E-state index is 3.58. The van der Waals surface area contributed by atoms with Crippen molar-refractivity contribution in [3.05, 3.63) is 20.8 Å². The predicted octanol–water partition coefficient (Wildman–Crippen LogP) is 4.11. The van der Waals surface area contributed by atoms with E-state index in [-0.39, 0.29) is 0 Å². The Morgan fingerprint density at radius 3 is 2.90 bits per heavy atom. The molecule has 20 heavy (non-hydrogen) atoms. The summed E-state index contributed by atoms with van der Waals surface area (Å²) >= 11 is 5.34. The Balaban J connectivity index is 1.34. The van der Waals surface area contributed by atoms with Gasteiger partial charge in [0.25, 0.3) is 0 Å². The first-order valence-electron chi connectivity index (χ1n) is 7.97. The van der Waals surface area contributed by atoms with Crippen LogP contribution in [-0.4, -0.2) is 31.1 Å². The zero-order valence-corrected chi connectivity index (χ0v) is 14.5. The molecule has 2 atom stereocenters. The smallest absolute Gasteiger partial charge is 0.0300 e. The van der Waals surface area contributed by atoms with Gasteiger partial charge in [-0.15, -0.1) is 11.3 Å². The molecule has 0 spiro atoms. The molecule has 3 rings (SSSR count). The van der Waals surface area contributed by atoms with Crippen LogP contribution in [0.3, 0.4) is 0 Å². The summed E-state index contributed by atoms with van der Waals surface area (Å²) in [5.41, 5.74) is 0. The quantitative estimate of drug-likeness (QED) is 0.798. The van der Waals surface area contributed by atoms with Crippen LogP contribution >= 0.6 is 27.3 Å². The first-order chi connectivity index (χ1) is 9.81. The lowest BCUT2D eigenvalue weighted by atomic mass is 9.75. The summed E-state index contributed by atoms with van der Waals surface area (Å²) in [6.45, 7) is 6.03. The van der Waals surface area contributed by atoms with Gasteiger partial charge in [-0.1, -0.05) is 19.3 Å². The molecule has 0 bridgehead atoms. The highest BCUT2D eigenvalue weighted by Gasteiger charge is 2.30. The van der Waals surface area contributed by atoms with Crippen molar-refractivity contribution in [2.24, 2.45) is 11.8 Å². The van der Waals surface area contributed by atoms with Crippen LogP contribution in [0.15, 0.2) is 15.9 Å². The van der Waals surface area contributed by atoms with Crippen LogP contribution in [0, 0.1) is 11.8 Å². The molecule has 2 heterocycles. The summed E-state index contributed by atoms with van der Waals surface area (Å²) in [6.07, 6.45) is 7.39. The summed E-state index contributed by atoms with van der Waals surface area (Å²) in [6, 6.07) is 2.21. The fourth-order valence-electron chi connectivity index (χ4n) is 3.77. The van der Waals surface area contributed by atoms with Crippen molar-refractivity contribution in [3.8, 4) is 0 Å². The molecule has 0 aromatic carbocycles. The standard InChI is InChI=1S/C16H25BrN2S/c17-15-9-16(20-12-15)10-18-6-8-19-7-5-13-3-1-2-4-14(13)11-19/h9,12-14,18H,1-8,10-11H2. The van der Waals surface area contributed by atoms with Crippen molar-refractivity contribution in [2.45, 2.75) is 38.6 Å². The Kier molecular flexibility index (Phi) is 5.55. The van der Waals surface area contributed by atoms with Gasteiger partial charge in [0.15, 0.2) is 0 Å². The molecular weight excluding hydrogens is 332 g/mol. The van der Waals surface area contributed by atoms with Gasteiger partial charge in [-0.2, -0.15) is 0 Å². The Labute approximate surface area is 135 Å². The number of likely N-dealkylation sites (tertiary alicyclic amines) is 1. The molecule has 1 saturated carbocycles. The zero-order chi connectivity index (χ0) is 13.8. The van der Waals surface area contributed by atoms with E-state index < -0.39 is 0 Å². The topological polar surface area (TPSA) is 15.3 Å². The maximum absolute atomic E-state index is 3.58. The van der Waals surface area contributed by atoms with Crippen LogP contribution in [0.5, 0.6) is 0 Å². The normalized spacial score (nSPS) is 27.4. The predicted molar refractivity (Wildman–Crippen MR) is 90.2 cm³/mol. The fraction of sp³-hybridized carbons (Fsp3) is 0.750. The molecular formula is C16H25BrN2S. The third-order valence-electron chi connectivity index (χ3n) is 4.90. The summed E-state index contributed by atoms with van der Waals surface area (Å²) in [4.78, 5) is 4.10. The monoisotopic (exact) mass is 356 g/mol. The van der Waals surface area contributed by atoms with Crippen molar-refractivity contribution in [2.75, 3.05) is 26.2 Å². The van der Waals surface area contributed by atoms with E-state index in [1.807, 2.05) is 11.3 Å². The van der Waals surface area contributed by atoms with Crippen LogP contribution in [0.25, 0.3) is 0 Å². The summed E-state index contributed by atoms with van der Waals surface area (Å²) in [5.74, 6) is 2.06. The zero-order valence-electron chi connectivity index (χ0n) is 12.1. The van der Waals surface area contributed by atoms with Gasteiger partial charge in [0, 0.05) is 40.9 Å². The summed E-state index contributed by atoms with van der Waals surface area (Å²) < 4.78 is 1.21. The molecule has 0 amide bonds. The van der Waals surface area contributed by atoms with Crippen molar-refractivity contribution < 1.29 is 0 Å². The molecule has 2 fully saturated rings. The molecule has 4 heteroatoms. The molecule has 112 valence electrons. The highest BCUT2D eigenvalue weighted by molar-refractivity contribution is 9.10. The molecule has 2 aliphatic rings. The Bertz CT molecular complexity index is 420. The Morgan fingerprint density at radius 2 is 2.10 bits per heavy atom. The van der Waals surface area contributed by atoms with Gasteiger partial charge in [0.2, 0.25) is 0 Å². The van der Waals surface area contributed by atoms with Gasteiger partial charge in [-0.3, -0.25) is 0 Å². The van der Waals surface area contributed by atoms with Gasteiger partial charge in [0.1, 0.15) is 0 Å². The second-order valence-electron chi connectivity index (χ2n) is 6.30. The van der Waals surface area contributed by atoms with E-state index in [0.717, 1.165) is 24.9 Å². The van der Waals surface area contributed by atoms with E-state index in [0.29, 0.717) is 0 Å². The largest absolute Gasteiger partial charge is 0.311 e. The second-order valence-corrected chi connectivity index (χ2v) is 8.21. The lowest BCUT2D eigenvalue weighted by Crippen LogP contribution is -2.44. The van der Waals surface area contributed by atoms with Crippen LogP contribution < -0.4 is 5.32 Å². The molecule has 0 radical (unpaired) electrons. The number of hydrogen-bond donors (Lipinski definition) is 1. The number of hydrogen-bond acceptors (Lipinski definition) is 3. The van der Waals surface area contributed by atoms with Crippen molar-refractivity contribution in [3.63, 3.8) is 0 Å². The lowest BCUT2D eigenvalue weighted by molar-refractivity contribution is 0.0875. The Hall–Kier alpha value is 0.1000. The van der Waals surface area contributed by atoms with E-state index in [1.165, 1.54) is 61.1 Å². The first kappa shape index (κ1) is 15.0. The van der Waals surface area contributed by atoms with Crippen molar-refractivity contribution in [1.29, 1.82) is 0 Å². The lowest BCUT2D eigenvalue weighted by Gasteiger charge is -2.41. The number of nitrogens with zero attached hydrogens (tertiary/aromatic N) is 1. The van der Waals surface area contributed by atoms with Crippen LogP contribution in [0.4, 0.5) is 0 Å². The van der Waals surface area contributed by atoms with E-state index in [1.54, 1.807) is 0 Å². The SMILES string of the molecule is Brc1csc(CNCCN2CCC3CCCCC3C2)c1. The van der Waals surface area contributed by atoms with Crippen LogP contribution in [0.1, 0.15) is 37.0 Å². The minimum Gasteiger partial charge on any atom is -0.311 e. The molecule has 1 aliphatic heterocycles. The Morgan fingerprint density at radius 1 is 1.25 bits per heavy atom. The highest BCUT2D eigenvalue weighted by atomic mass is 79.9. The van der Waals surface area contributed by atoms with Crippen molar-refractivity contribution >= 4 is 27.3 Å². The number of fused-ring (bicyclic) bond motifs is 1. The number of nitrogens with one attached hydrogen (secondary N) is 1. The van der Waals surface area contributed by atoms with E-state index >= 15 is 0 Å². The molecule has 2 nitrogen and oxygen atoms in total. The first-order valence-corrected chi connectivity index (χ1v) is 9.64. The average molecular weight is 357 g/mol. The molecule has 2 unspecified atom stereocenters. The van der Waals surface area contributed by atoms with Gasteiger partial charge in [-0.05, 0) is 53.2 Å². The maximum Gasteiger partial charge on any atom is 0.0300 e. The number of piperidine rings is 1. The number of halogens is 1. The van der Waals surface area contributed by atoms with Crippen LogP contribution in [0.2, 0.25) is 0 Å². The van der Waals surface area contributed by atoms with Gasteiger partial charge < -0.3 is 10.2 Å². The van der Waals surface area contributed by atoms with Crippen molar-refractivity contribution in [1.82, 2.24) is 10.2 Å². The van der Waals surface area contributed by atoms with E-state index in [2.05, 4.69) is 37.6 Å². The molecule has 1 N–H and O–H groups in total. The minimum atomic E-state index is 1.01. The molecule has 1 aromatic rings. The van der Waals surface area contributed by atoms with E-state index in [4.69, 9.17) is 0 Å². The number of thiophene rings is 1. The summed E-state index contributed by atoms with van der Waals surface area (Å²) in [7, 11) is 0. The third kappa shape index (κ3) is 4.06. The van der Waals surface area contributed by atoms with Gasteiger partial charge in [0.05, 0.1) is 0 Å².